The van der Waals surface area contributed by atoms with Crippen LogP contribution in [0.5, 0.6) is 0 Å². The molecule has 4 aromatic carbocycles. The summed E-state index contributed by atoms with van der Waals surface area (Å²) in [4.78, 5) is 0. The fourth-order valence-electron chi connectivity index (χ4n) is 4.62. The molecule has 2 N–H and O–H groups in total. The molecule has 1 aliphatic rings. The van der Waals surface area contributed by atoms with Crippen LogP contribution in [0.3, 0.4) is 0 Å². The summed E-state index contributed by atoms with van der Waals surface area (Å²) in [7, 11) is -2.37. The second kappa shape index (κ2) is 5.97. The summed E-state index contributed by atoms with van der Waals surface area (Å²) in [5.41, 5.74) is 11.1. The highest BCUT2D eigenvalue weighted by molar-refractivity contribution is 7.22. The number of fused-ring (bicyclic) bond motifs is 3. The maximum absolute atomic E-state index is 6.30. The molecule has 1 heterocycles. The van der Waals surface area contributed by atoms with E-state index in [2.05, 4.69) is 97.9 Å². The van der Waals surface area contributed by atoms with Crippen LogP contribution in [0.15, 0.2) is 97.1 Å². The zero-order valence-corrected chi connectivity index (χ0v) is 16.3. The van der Waals surface area contributed by atoms with Crippen molar-refractivity contribution in [3.8, 4) is 11.1 Å². The first kappa shape index (κ1) is 16.1. The van der Waals surface area contributed by atoms with Crippen LogP contribution in [0.2, 0.25) is 0 Å². The van der Waals surface area contributed by atoms with Crippen molar-refractivity contribution < 1.29 is 0 Å². The Morgan fingerprint density at radius 3 is 1.70 bits per heavy atom. The highest BCUT2D eigenvalue weighted by Crippen LogP contribution is 2.30. The van der Waals surface area contributed by atoms with E-state index in [1.54, 1.807) is 0 Å². The van der Waals surface area contributed by atoms with Gasteiger partial charge in [0.2, 0.25) is 0 Å². The topological polar surface area (TPSA) is 26.0 Å². The summed E-state index contributed by atoms with van der Waals surface area (Å²) in [5, 5.41) is 5.70. The highest BCUT2D eigenvalue weighted by Gasteiger charge is 2.48. The lowest BCUT2D eigenvalue weighted by molar-refractivity contribution is 1.49. The number of hydrogen-bond acceptors (Lipinski definition) is 1. The van der Waals surface area contributed by atoms with Crippen LogP contribution in [0.4, 0.5) is 5.69 Å². The van der Waals surface area contributed by atoms with Crippen molar-refractivity contribution >= 4 is 34.5 Å². The predicted molar refractivity (Wildman–Crippen MR) is 118 cm³/mol. The molecule has 0 bridgehead atoms. The zero-order chi connectivity index (χ0) is 18.4. The molecular formula is C25H21NSi. The Labute approximate surface area is 161 Å². The molecule has 4 aromatic rings. The molecule has 0 radical (unpaired) electrons. The lowest BCUT2D eigenvalue weighted by atomic mass is 10.0. The Kier molecular flexibility index (Phi) is 3.56. The zero-order valence-electron chi connectivity index (χ0n) is 15.3. The molecule has 0 saturated carbocycles. The fourth-order valence-corrected chi connectivity index (χ4v) is 9.94. The quantitative estimate of drug-likeness (QED) is 0.379. The van der Waals surface area contributed by atoms with Gasteiger partial charge < -0.3 is 5.73 Å². The van der Waals surface area contributed by atoms with E-state index in [9.17, 15) is 0 Å². The minimum Gasteiger partial charge on any atom is -0.399 e. The van der Waals surface area contributed by atoms with Gasteiger partial charge in [-0.2, -0.15) is 0 Å². The summed E-state index contributed by atoms with van der Waals surface area (Å²) < 4.78 is 0. The minimum atomic E-state index is -2.37. The van der Waals surface area contributed by atoms with E-state index in [4.69, 9.17) is 5.73 Å². The van der Waals surface area contributed by atoms with Crippen LogP contribution in [-0.4, -0.2) is 8.07 Å². The van der Waals surface area contributed by atoms with E-state index in [-0.39, 0.29) is 0 Å². The minimum absolute atomic E-state index is 0.835. The van der Waals surface area contributed by atoms with Crippen molar-refractivity contribution in [2.24, 2.45) is 0 Å². The number of aryl methyl sites for hydroxylation is 1. The summed E-state index contributed by atoms with van der Waals surface area (Å²) in [6, 6.07) is 35.4. The van der Waals surface area contributed by atoms with E-state index >= 15 is 0 Å². The van der Waals surface area contributed by atoms with E-state index in [0.29, 0.717) is 0 Å². The number of nitrogen functional groups attached to an aromatic ring is 1. The first-order valence-corrected chi connectivity index (χ1v) is 11.3. The normalized spacial score (nSPS) is 13.8. The predicted octanol–water partition coefficient (Wildman–Crippen LogP) is 2.94. The van der Waals surface area contributed by atoms with Crippen LogP contribution < -0.4 is 26.5 Å². The summed E-state index contributed by atoms with van der Waals surface area (Å²) in [5.74, 6) is 0. The number of benzene rings is 4. The Morgan fingerprint density at radius 2 is 1.11 bits per heavy atom. The van der Waals surface area contributed by atoms with Crippen molar-refractivity contribution in [1.82, 2.24) is 0 Å². The van der Waals surface area contributed by atoms with Crippen LogP contribution >= 0.6 is 0 Å². The van der Waals surface area contributed by atoms with Crippen molar-refractivity contribution in [2.45, 2.75) is 6.92 Å². The molecule has 130 valence electrons. The largest absolute Gasteiger partial charge is 0.399 e. The molecule has 0 saturated heterocycles. The van der Waals surface area contributed by atoms with Gasteiger partial charge in [0.1, 0.15) is 0 Å². The molecule has 0 spiro atoms. The van der Waals surface area contributed by atoms with Gasteiger partial charge in [-0.15, -0.1) is 0 Å². The molecule has 0 fully saturated rings. The number of hydrogen-bond donors (Lipinski definition) is 1. The van der Waals surface area contributed by atoms with E-state index in [1.807, 2.05) is 6.07 Å². The Morgan fingerprint density at radius 1 is 0.593 bits per heavy atom. The van der Waals surface area contributed by atoms with Crippen LogP contribution in [0.1, 0.15) is 5.56 Å². The second-order valence-corrected chi connectivity index (χ2v) is 11.1. The number of rotatable bonds is 2. The summed E-state index contributed by atoms with van der Waals surface area (Å²) in [6.45, 7) is 2.19. The summed E-state index contributed by atoms with van der Waals surface area (Å²) in [6.07, 6.45) is 0. The van der Waals surface area contributed by atoms with E-state index < -0.39 is 8.07 Å². The van der Waals surface area contributed by atoms with Crippen LogP contribution in [-0.2, 0) is 0 Å². The maximum Gasteiger partial charge on any atom is 0.180 e. The first-order valence-electron chi connectivity index (χ1n) is 9.34. The molecule has 1 nitrogen and oxygen atoms in total. The van der Waals surface area contributed by atoms with Gasteiger partial charge in [0, 0.05) is 5.69 Å². The molecule has 5 rings (SSSR count). The third kappa shape index (κ3) is 2.23. The monoisotopic (exact) mass is 363 g/mol. The molecule has 0 amide bonds. The van der Waals surface area contributed by atoms with Gasteiger partial charge in [0.05, 0.1) is 0 Å². The average Bonchev–Trinajstić information content (AvgIpc) is 2.99. The van der Waals surface area contributed by atoms with Gasteiger partial charge in [-0.1, -0.05) is 90.5 Å². The van der Waals surface area contributed by atoms with E-state index in [1.165, 1.54) is 37.4 Å². The summed E-state index contributed by atoms with van der Waals surface area (Å²) >= 11 is 0. The van der Waals surface area contributed by atoms with Crippen molar-refractivity contribution in [3.05, 3.63) is 103 Å². The van der Waals surface area contributed by atoms with Crippen molar-refractivity contribution in [2.75, 3.05) is 5.73 Å². The lowest BCUT2D eigenvalue weighted by Crippen LogP contribution is -2.72. The fraction of sp³-hybridized carbons (Fsp3) is 0.0400. The van der Waals surface area contributed by atoms with E-state index in [0.717, 1.165) is 5.69 Å². The maximum atomic E-state index is 6.30. The van der Waals surface area contributed by atoms with Crippen LogP contribution in [0, 0.1) is 6.92 Å². The number of nitrogens with two attached hydrogens (primary N) is 1. The van der Waals surface area contributed by atoms with Crippen molar-refractivity contribution in [3.63, 3.8) is 0 Å². The molecule has 0 unspecified atom stereocenters. The molecule has 1 aliphatic heterocycles. The molecule has 0 atom stereocenters. The standard InChI is InChI=1S/C25H21NSi/c1-18-12-14-22-23-15-13-19(26)17-25(23)27(24(22)16-18,20-8-4-2-5-9-20)21-10-6-3-7-11-21/h2-17H,26H2,1H3. The van der Waals surface area contributed by atoms with Gasteiger partial charge in [-0.05, 0) is 50.9 Å². The first-order chi connectivity index (χ1) is 13.2. The molecular weight excluding hydrogens is 342 g/mol. The smallest absolute Gasteiger partial charge is 0.180 e. The van der Waals surface area contributed by atoms with Gasteiger partial charge in [-0.25, -0.2) is 0 Å². The third-order valence-corrected chi connectivity index (χ3v) is 10.6. The SMILES string of the molecule is Cc1ccc2c(c1)[Si](c1ccccc1)(c1ccccc1)c1cc(N)ccc1-2. The molecule has 0 aromatic heterocycles. The number of anilines is 1. The average molecular weight is 364 g/mol. The Bertz CT molecular complexity index is 1040. The van der Waals surface area contributed by atoms with Gasteiger partial charge >= 0.3 is 0 Å². The van der Waals surface area contributed by atoms with Gasteiger partial charge in [0.25, 0.3) is 0 Å². The third-order valence-electron chi connectivity index (χ3n) is 5.73. The molecule has 2 heteroatoms. The van der Waals surface area contributed by atoms with Crippen LogP contribution in [0.25, 0.3) is 11.1 Å². The highest BCUT2D eigenvalue weighted by atomic mass is 28.3. The van der Waals surface area contributed by atoms with Crippen molar-refractivity contribution in [1.29, 1.82) is 0 Å². The second-order valence-electron chi connectivity index (χ2n) is 7.34. The Hall–Kier alpha value is -3.10. The van der Waals surface area contributed by atoms with Gasteiger partial charge in [-0.3, -0.25) is 0 Å². The Balaban J connectivity index is 2.00. The van der Waals surface area contributed by atoms with Gasteiger partial charge in [0.15, 0.2) is 8.07 Å². The lowest BCUT2D eigenvalue weighted by Gasteiger charge is -2.31. The molecule has 27 heavy (non-hydrogen) atoms. The molecule has 0 aliphatic carbocycles.